The molecule has 1 aromatic carbocycles. The van der Waals surface area contributed by atoms with Gasteiger partial charge in [0.1, 0.15) is 5.82 Å². The second-order valence-electron chi connectivity index (χ2n) is 4.28. The summed E-state index contributed by atoms with van der Waals surface area (Å²) in [5.74, 6) is -0.246. The maximum absolute atomic E-state index is 13.9. The minimum atomic E-state index is -0.246. The van der Waals surface area contributed by atoms with E-state index in [2.05, 4.69) is 10.2 Å². The number of fused-ring (bicyclic) bond motifs is 1. The average Bonchev–Trinajstić information content (AvgIpc) is 2.89. The third-order valence-corrected chi connectivity index (χ3v) is 4.22. The summed E-state index contributed by atoms with van der Waals surface area (Å²) in [7, 11) is 0. The van der Waals surface area contributed by atoms with Crippen LogP contribution in [-0.4, -0.2) is 21.1 Å². The van der Waals surface area contributed by atoms with E-state index in [-0.39, 0.29) is 11.1 Å². The van der Waals surface area contributed by atoms with Crippen LogP contribution in [0.5, 0.6) is 0 Å². The van der Waals surface area contributed by atoms with Gasteiger partial charge in [-0.25, -0.2) is 4.39 Å². The third kappa shape index (κ3) is 2.39. The van der Waals surface area contributed by atoms with E-state index in [0.717, 1.165) is 5.65 Å². The molecule has 0 bridgehead atoms. The molecule has 0 saturated heterocycles. The van der Waals surface area contributed by atoms with Gasteiger partial charge in [-0.3, -0.25) is 4.40 Å². The lowest BCUT2D eigenvalue weighted by Gasteiger charge is -2.14. The Kier molecular flexibility index (Phi) is 3.66. The second-order valence-corrected chi connectivity index (χ2v) is 5.45. The summed E-state index contributed by atoms with van der Waals surface area (Å²) in [6.45, 7) is 0.327. The fraction of sp³-hybridized carbons (Fsp3) is 0.143. The van der Waals surface area contributed by atoms with Crippen LogP contribution in [0.4, 0.5) is 4.39 Å². The molecule has 0 spiro atoms. The molecule has 3 rings (SSSR count). The first-order valence-electron chi connectivity index (χ1n) is 6.20. The molecule has 4 nitrogen and oxygen atoms in total. The fourth-order valence-electron chi connectivity index (χ4n) is 2.00. The average molecular weight is 288 g/mol. The molecule has 3 aromatic rings. The van der Waals surface area contributed by atoms with E-state index < -0.39 is 0 Å². The molecule has 2 aromatic heterocycles. The molecule has 2 N–H and O–H groups in total. The fourth-order valence-corrected chi connectivity index (χ4v) is 3.03. The number of rotatable bonds is 4. The number of thioether (sulfide) groups is 1. The molecule has 6 heteroatoms. The van der Waals surface area contributed by atoms with Crippen LogP contribution in [0.2, 0.25) is 0 Å². The van der Waals surface area contributed by atoms with Crippen molar-refractivity contribution in [3.05, 3.63) is 60.0 Å². The van der Waals surface area contributed by atoms with Crippen molar-refractivity contribution in [1.29, 1.82) is 0 Å². The molecule has 1 unspecified atom stereocenters. The van der Waals surface area contributed by atoms with E-state index in [9.17, 15) is 4.39 Å². The molecular weight excluding hydrogens is 275 g/mol. The Morgan fingerprint density at radius 2 is 1.95 bits per heavy atom. The van der Waals surface area contributed by atoms with Crippen LogP contribution in [0.15, 0.2) is 53.8 Å². The van der Waals surface area contributed by atoms with Crippen LogP contribution >= 0.6 is 11.8 Å². The number of pyridine rings is 1. The number of nitrogens with two attached hydrogens (primary N) is 1. The van der Waals surface area contributed by atoms with E-state index in [0.29, 0.717) is 17.3 Å². The summed E-state index contributed by atoms with van der Waals surface area (Å²) in [5.41, 5.74) is 7.14. The highest BCUT2D eigenvalue weighted by molar-refractivity contribution is 7.99. The lowest BCUT2D eigenvalue weighted by molar-refractivity contribution is 0.607. The van der Waals surface area contributed by atoms with Gasteiger partial charge in [0.15, 0.2) is 10.8 Å². The Hall–Kier alpha value is -1.92. The van der Waals surface area contributed by atoms with Crippen molar-refractivity contribution in [3.8, 4) is 0 Å². The summed E-state index contributed by atoms with van der Waals surface area (Å²) in [6.07, 6.45) is 1.88. The highest BCUT2D eigenvalue weighted by Crippen LogP contribution is 2.34. The minimum absolute atomic E-state index is 0.191. The van der Waals surface area contributed by atoms with Crippen LogP contribution in [-0.2, 0) is 0 Å². The van der Waals surface area contributed by atoms with Crippen molar-refractivity contribution >= 4 is 17.4 Å². The van der Waals surface area contributed by atoms with Crippen molar-refractivity contribution in [1.82, 2.24) is 14.6 Å². The zero-order chi connectivity index (χ0) is 13.9. The lowest BCUT2D eigenvalue weighted by atomic mass is 10.1. The topological polar surface area (TPSA) is 56.2 Å². The molecular formula is C14H13FN4S. The summed E-state index contributed by atoms with van der Waals surface area (Å²) >= 11 is 1.42. The first kappa shape index (κ1) is 13.1. The molecule has 1 atom stereocenters. The third-order valence-electron chi connectivity index (χ3n) is 3.00. The molecule has 0 aliphatic rings. The van der Waals surface area contributed by atoms with E-state index in [1.165, 1.54) is 17.8 Å². The molecule has 0 fully saturated rings. The van der Waals surface area contributed by atoms with Crippen LogP contribution in [0, 0.1) is 5.82 Å². The molecule has 20 heavy (non-hydrogen) atoms. The van der Waals surface area contributed by atoms with Crippen molar-refractivity contribution in [3.63, 3.8) is 0 Å². The summed E-state index contributed by atoms with van der Waals surface area (Å²) < 4.78 is 15.7. The number of hydrogen-bond donors (Lipinski definition) is 1. The quantitative estimate of drug-likeness (QED) is 0.750. The van der Waals surface area contributed by atoms with Gasteiger partial charge in [0.25, 0.3) is 0 Å². The van der Waals surface area contributed by atoms with Gasteiger partial charge in [0, 0.05) is 18.3 Å². The number of hydrogen-bond acceptors (Lipinski definition) is 4. The number of benzene rings is 1. The van der Waals surface area contributed by atoms with Crippen LogP contribution in [0.1, 0.15) is 10.8 Å². The maximum atomic E-state index is 13.9. The predicted molar refractivity (Wildman–Crippen MR) is 77.0 cm³/mol. The van der Waals surface area contributed by atoms with E-state index in [4.69, 9.17) is 5.73 Å². The normalized spacial score (nSPS) is 12.7. The molecule has 0 saturated carbocycles. The standard InChI is InChI=1S/C14H13FN4S/c15-11-6-2-1-5-10(11)12(9-16)20-14-18-17-13-7-3-4-8-19(13)14/h1-8,12H,9,16H2. The lowest BCUT2D eigenvalue weighted by Crippen LogP contribution is -2.11. The smallest absolute Gasteiger partial charge is 0.196 e. The Labute approximate surface area is 119 Å². The van der Waals surface area contributed by atoms with Crippen molar-refractivity contribution in [2.45, 2.75) is 10.4 Å². The van der Waals surface area contributed by atoms with Crippen LogP contribution in [0.25, 0.3) is 5.65 Å². The highest BCUT2D eigenvalue weighted by atomic mass is 32.2. The van der Waals surface area contributed by atoms with Gasteiger partial charge in [-0.15, -0.1) is 10.2 Å². The Balaban J connectivity index is 1.94. The zero-order valence-corrected chi connectivity index (χ0v) is 11.4. The van der Waals surface area contributed by atoms with Crippen molar-refractivity contribution < 1.29 is 4.39 Å². The number of nitrogens with zero attached hydrogens (tertiary/aromatic N) is 3. The summed E-state index contributed by atoms with van der Waals surface area (Å²) in [6, 6.07) is 12.4. The second kappa shape index (κ2) is 5.60. The number of aromatic nitrogens is 3. The van der Waals surface area contributed by atoms with Gasteiger partial charge in [-0.05, 0) is 18.2 Å². The van der Waals surface area contributed by atoms with Gasteiger partial charge in [-0.1, -0.05) is 36.0 Å². The van der Waals surface area contributed by atoms with E-state index >= 15 is 0 Å². The first-order chi connectivity index (χ1) is 9.79. The minimum Gasteiger partial charge on any atom is -0.329 e. The van der Waals surface area contributed by atoms with Crippen LogP contribution in [0.3, 0.4) is 0 Å². The Morgan fingerprint density at radius 1 is 1.15 bits per heavy atom. The van der Waals surface area contributed by atoms with E-state index in [1.54, 1.807) is 12.1 Å². The van der Waals surface area contributed by atoms with Gasteiger partial charge < -0.3 is 5.73 Å². The molecule has 0 aliphatic heterocycles. The predicted octanol–water partition coefficient (Wildman–Crippen LogP) is 2.66. The van der Waals surface area contributed by atoms with Gasteiger partial charge in [0.2, 0.25) is 0 Å². The van der Waals surface area contributed by atoms with Gasteiger partial charge in [-0.2, -0.15) is 0 Å². The Morgan fingerprint density at radius 3 is 2.75 bits per heavy atom. The molecule has 2 heterocycles. The van der Waals surface area contributed by atoms with Gasteiger partial charge in [0.05, 0.1) is 5.25 Å². The monoisotopic (exact) mass is 288 g/mol. The van der Waals surface area contributed by atoms with Crippen molar-refractivity contribution in [2.24, 2.45) is 5.73 Å². The van der Waals surface area contributed by atoms with Gasteiger partial charge >= 0.3 is 0 Å². The maximum Gasteiger partial charge on any atom is 0.196 e. The SMILES string of the molecule is NCC(Sc1nnc2ccccn12)c1ccccc1F. The molecule has 0 radical (unpaired) electrons. The molecule has 0 aliphatic carbocycles. The van der Waals surface area contributed by atoms with Crippen molar-refractivity contribution in [2.75, 3.05) is 6.54 Å². The molecule has 0 amide bonds. The zero-order valence-electron chi connectivity index (χ0n) is 10.6. The number of halogens is 1. The largest absolute Gasteiger partial charge is 0.329 e. The van der Waals surface area contributed by atoms with E-state index in [1.807, 2.05) is 34.9 Å². The highest BCUT2D eigenvalue weighted by Gasteiger charge is 2.18. The summed E-state index contributed by atoms with van der Waals surface area (Å²) in [4.78, 5) is 0. The summed E-state index contributed by atoms with van der Waals surface area (Å²) in [5, 5.41) is 8.73. The first-order valence-corrected chi connectivity index (χ1v) is 7.08. The van der Waals surface area contributed by atoms with Crippen LogP contribution < -0.4 is 5.73 Å². The molecule has 102 valence electrons. The Bertz CT molecular complexity index is 728.